The Balaban J connectivity index is 1.79. The third-order valence-corrected chi connectivity index (χ3v) is 9.53. The molecule has 45 heavy (non-hydrogen) atoms. The summed E-state index contributed by atoms with van der Waals surface area (Å²) < 4.78 is 29.1. The normalized spacial score (nSPS) is 12.0. The average Bonchev–Trinajstić information content (AvgIpc) is 3.01. The van der Waals surface area contributed by atoms with Crippen LogP contribution in [0.3, 0.4) is 0 Å². The van der Waals surface area contributed by atoms with Gasteiger partial charge in [-0.3, -0.25) is 13.9 Å². The zero-order valence-corrected chi connectivity index (χ0v) is 28.0. The minimum Gasteiger partial charge on any atom is -0.354 e. The van der Waals surface area contributed by atoms with Gasteiger partial charge in [-0.15, -0.1) is 0 Å². The van der Waals surface area contributed by atoms with Crippen molar-refractivity contribution in [3.8, 4) is 0 Å². The van der Waals surface area contributed by atoms with Crippen molar-refractivity contribution in [3.63, 3.8) is 0 Å². The molecule has 0 saturated carbocycles. The van der Waals surface area contributed by atoms with Gasteiger partial charge in [-0.05, 0) is 71.6 Å². The highest BCUT2D eigenvalue weighted by atomic mass is 35.5. The van der Waals surface area contributed by atoms with Gasteiger partial charge in [0.1, 0.15) is 12.6 Å². The first-order valence-corrected chi connectivity index (χ1v) is 16.9. The first-order valence-electron chi connectivity index (χ1n) is 14.3. The molecule has 4 aromatic carbocycles. The molecule has 0 unspecified atom stereocenters. The SMILES string of the molecule is CC(C)CNC(=O)[C@H](Cc1ccccc1)N(Cc1ccc(Cl)cc1)C(=O)CN(c1cccc(Cl)c1)S(=O)(=O)c1ccc(Cl)cc1. The molecule has 7 nitrogen and oxygen atoms in total. The van der Waals surface area contributed by atoms with Crippen LogP contribution in [0.1, 0.15) is 25.0 Å². The van der Waals surface area contributed by atoms with E-state index in [1.165, 1.54) is 35.2 Å². The summed E-state index contributed by atoms with van der Waals surface area (Å²) in [6, 6.07) is 27.3. The Morgan fingerprint density at radius 2 is 1.38 bits per heavy atom. The van der Waals surface area contributed by atoms with E-state index in [4.69, 9.17) is 34.8 Å². The second-order valence-electron chi connectivity index (χ2n) is 10.9. The molecule has 0 bridgehead atoms. The summed E-state index contributed by atoms with van der Waals surface area (Å²) in [5.74, 6) is -0.748. The van der Waals surface area contributed by atoms with E-state index in [1.807, 2.05) is 44.2 Å². The highest BCUT2D eigenvalue weighted by Gasteiger charge is 2.34. The lowest BCUT2D eigenvalue weighted by atomic mass is 10.0. The smallest absolute Gasteiger partial charge is 0.264 e. The van der Waals surface area contributed by atoms with Gasteiger partial charge >= 0.3 is 0 Å². The molecule has 4 rings (SSSR count). The molecule has 236 valence electrons. The summed E-state index contributed by atoms with van der Waals surface area (Å²) in [5.41, 5.74) is 1.76. The summed E-state index contributed by atoms with van der Waals surface area (Å²) in [6.45, 7) is 3.81. The van der Waals surface area contributed by atoms with Crippen LogP contribution < -0.4 is 9.62 Å². The monoisotopic (exact) mass is 685 g/mol. The van der Waals surface area contributed by atoms with Crippen molar-refractivity contribution >= 4 is 62.3 Å². The molecule has 0 spiro atoms. The van der Waals surface area contributed by atoms with Gasteiger partial charge < -0.3 is 10.2 Å². The molecule has 0 aliphatic heterocycles. The van der Waals surface area contributed by atoms with Crippen LogP contribution in [0.5, 0.6) is 0 Å². The van der Waals surface area contributed by atoms with Crippen molar-refractivity contribution in [1.29, 1.82) is 0 Å². The minimum absolute atomic E-state index is 0.0347. The Kier molecular flexibility index (Phi) is 11.9. The van der Waals surface area contributed by atoms with E-state index in [2.05, 4.69) is 5.32 Å². The van der Waals surface area contributed by atoms with Gasteiger partial charge in [-0.25, -0.2) is 8.42 Å². The van der Waals surface area contributed by atoms with Crippen molar-refractivity contribution < 1.29 is 18.0 Å². The number of halogens is 3. The van der Waals surface area contributed by atoms with Gasteiger partial charge in [0.15, 0.2) is 0 Å². The first-order chi connectivity index (χ1) is 21.4. The van der Waals surface area contributed by atoms with E-state index in [1.54, 1.807) is 42.5 Å². The predicted octanol–water partition coefficient (Wildman–Crippen LogP) is 7.25. The molecule has 0 aliphatic carbocycles. The van der Waals surface area contributed by atoms with Crippen LogP contribution in [0.2, 0.25) is 15.1 Å². The standard InChI is InChI=1S/C34H34Cl3N3O4S/c1-24(2)21-38-34(42)32(19-25-7-4-3-5-8-25)39(22-26-11-13-27(35)14-12-26)33(41)23-40(30-10-6-9-29(37)20-30)45(43,44)31-17-15-28(36)16-18-31/h3-18,20,24,32H,19,21-23H2,1-2H3,(H,38,42)/t32-/m0/s1. The molecule has 11 heteroatoms. The molecular weight excluding hydrogens is 653 g/mol. The number of carbonyl (C=O) groups is 2. The zero-order valence-electron chi connectivity index (χ0n) is 24.9. The van der Waals surface area contributed by atoms with E-state index in [0.29, 0.717) is 21.6 Å². The second kappa shape index (κ2) is 15.6. The number of hydrogen-bond acceptors (Lipinski definition) is 4. The zero-order chi connectivity index (χ0) is 32.6. The largest absolute Gasteiger partial charge is 0.354 e. The van der Waals surface area contributed by atoms with Crippen LogP contribution in [0.4, 0.5) is 5.69 Å². The highest BCUT2D eigenvalue weighted by molar-refractivity contribution is 7.92. The Morgan fingerprint density at radius 1 is 0.756 bits per heavy atom. The molecular formula is C34H34Cl3N3O4S. The lowest BCUT2D eigenvalue weighted by molar-refractivity contribution is -0.140. The van der Waals surface area contributed by atoms with E-state index in [-0.39, 0.29) is 35.4 Å². The van der Waals surface area contributed by atoms with Crippen molar-refractivity contribution in [3.05, 3.63) is 129 Å². The van der Waals surface area contributed by atoms with Gasteiger partial charge in [0.25, 0.3) is 10.0 Å². The Morgan fingerprint density at radius 3 is 1.98 bits per heavy atom. The summed E-state index contributed by atoms with van der Waals surface area (Å²) in [6.07, 6.45) is 0.213. The number of carbonyl (C=O) groups excluding carboxylic acids is 2. The van der Waals surface area contributed by atoms with E-state index in [9.17, 15) is 18.0 Å². The van der Waals surface area contributed by atoms with E-state index < -0.39 is 28.5 Å². The number of benzene rings is 4. The summed E-state index contributed by atoms with van der Waals surface area (Å²) in [4.78, 5) is 29.6. The number of anilines is 1. The van der Waals surface area contributed by atoms with E-state index >= 15 is 0 Å². The lowest BCUT2D eigenvalue weighted by Gasteiger charge is -2.34. The minimum atomic E-state index is -4.27. The van der Waals surface area contributed by atoms with Gasteiger partial charge in [-0.1, -0.05) is 97.2 Å². The number of nitrogens with zero attached hydrogens (tertiary/aromatic N) is 2. The van der Waals surface area contributed by atoms with E-state index in [0.717, 1.165) is 15.4 Å². The third-order valence-electron chi connectivity index (χ3n) is 7.00. The quantitative estimate of drug-likeness (QED) is 0.161. The second-order valence-corrected chi connectivity index (χ2v) is 14.1. The molecule has 0 aromatic heterocycles. The summed E-state index contributed by atoms with van der Waals surface area (Å²) in [7, 11) is -4.27. The van der Waals surface area contributed by atoms with Crippen LogP contribution in [0.15, 0.2) is 108 Å². The molecule has 1 N–H and O–H groups in total. The van der Waals surface area contributed by atoms with Gasteiger partial charge in [0.2, 0.25) is 11.8 Å². The molecule has 2 amide bonds. The maximum Gasteiger partial charge on any atom is 0.264 e. The first kappa shape index (κ1) is 34.3. The molecule has 4 aromatic rings. The molecule has 1 atom stereocenters. The van der Waals surface area contributed by atoms with Crippen LogP contribution in [0.25, 0.3) is 0 Å². The molecule has 0 aliphatic rings. The molecule has 0 fully saturated rings. The topological polar surface area (TPSA) is 86.8 Å². The van der Waals surface area contributed by atoms with Crippen molar-refractivity contribution in [2.24, 2.45) is 5.92 Å². The Hall–Kier alpha value is -3.56. The summed E-state index contributed by atoms with van der Waals surface area (Å²) in [5, 5.41) is 4.15. The van der Waals surface area contributed by atoms with Gasteiger partial charge in [0, 0.05) is 34.6 Å². The van der Waals surface area contributed by atoms with Crippen molar-refractivity contribution in [2.75, 3.05) is 17.4 Å². The Bertz CT molecular complexity index is 1700. The maximum atomic E-state index is 14.4. The van der Waals surface area contributed by atoms with Crippen molar-refractivity contribution in [1.82, 2.24) is 10.2 Å². The van der Waals surface area contributed by atoms with Crippen LogP contribution in [-0.2, 0) is 32.6 Å². The van der Waals surface area contributed by atoms with Gasteiger partial charge in [0.05, 0.1) is 10.6 Å². The molecule has 0 radical (unpaired) electrons. The average molecular weight is 687 g/mol. The maximum absolute atomic E-state index is 14.4. The number of sulfonamides is 1. The van der Waals surface area contributed by atoms with Gasteiger partial charge in [-0.2, -0.15) is 0 Å². The Labute approximate surface area is 279 Å². The fourth-order valence-electron chi connectivity index (χ4n) is 4.66. The third kappa shape index (κ3) is 9.47. The molecule has 0 saturated heterocycles. The highest BCUT2D eigenvalue weighted by Crippen LogP contribution is 2.28. The van der Waals surface area contributed by atoms with Crippen LogP contribution in [0, 0.1) is 5.92 Å². The number of amides is 2. The van der Waals surface area contributed by atoms with Crippen LogP contribution >= 0.6 is 34.8 Å². The lowest BCUT2D eigenvalue weighted by Crippen LogP contribution is -2.53. The van der Waals surface area contributed by atoms with Crippen LogP contribution in [-0.4, -0.2) is 44.3 Å². The van der Waals surface area contributed by atoms with Crippen molar-refractivity contribution in [2.45, 2.75) is 37.8 Å². The number of hydrogen-bond donors (Lipinski definition) is 1. The summed E-state index contributed by atoms with van der Waals surface area (Å²) >= 11 is 18.4. The number of rotatable bonds is 13. The fraction of sp³-hybridized carbons (Fsp3) is 0.235. The fourth-order valence-corrected chi connectivity index (χ4v) is 6.50. The number of nitrogens with one attached hydrogen (secondary N) is 1. The predicted molar refractivity (Wildman–Crippen MR) is 181 cm³/mol. The molecule has 0 heterocycles.